The van der Waals surface area contributed by atoms with Crippen LogP contribution in [0, 0.1) is 0 Å². The Balaban J connectivity index is 1.17. The van der Waals surface area contributed by atoms with E-state index >= 15 is 0 Å². The van der Waals surface area contributed by atoms with Crippen LogP contribution in [-0.2, 0) is 9.59 Å². The molecule has 1 atom stereocenters. The number of hydrogen-bond donors (Lipinski definition) is 3. The molecule has 1 aromatic heterocycles. The number of nitrogens with one attached hydrogen (secondary N) is 3. The maximum atomic E-state index is 13.7. The number of aromatic nitrogens is 1. The summed E-state index contributed by atoms with van der Waals surface area (Å²) in [7, 11) is 1.56. The first-order valence-corrected chi connectivity index (χ1v) is 17.4. The van der Waals surface area contributed by atoms with Gasteiger partial charge in [0.25, 0.3) is 11.8 Å². The van der Waals surface area contributed by atoms with Crippen molar-refractivity contribution in [3.63, 3.8) is 0 Å². The Morgan fingerprint density at radius 2 is 1.46 bits per heavy atom. The van der Waals surface area contributed by atoms with Crippen molar-refractivity contribution in [2.75, 3.05) is 17.7 Å². The van der Waals surface area contributed by atoms with Crippen LogP contribution in [0.1, 0.15) is 26.7 Å². The van der Waals surface area contributed by atoms with E-state index in [2.05, 4.69) is 20.9 Å². The lowest BCUT2D eigenvalue weighted by Gasteiger charge is -2.17. The van der Waals surface area contributed by atoms with Crippen molar-refractivity contribution in [2.45, 2.75) is 10.1 Å². The summed E-state index contributed by atoms with van der Waals surface area (Å²) in [5.74, 6) is -0.501. The highest BCUT2D eigenvalue weighted by atomic mass is 32.2. The molecule has 0 saturated carbocycles. The molecule has 0 radical (unpaired) electrons. The van der Waals surface area contributed by atoms with Gasteiger partial charge in [0.2, 0.25) is 5.91 Å². The summed E-state index contributed by atoms with van der Waals surface area (Å²) in [6.07, 6.45) is 1.59. The van der Waals surface area contributed by atoms with E-state index in [0.29, 0.717) is 27.7 Å². The molecule has 6 rings (SSSR count). The van der Waals surface area contributed by atoms with Crippen molar-refractivity contribution in [2.24, 2.45) is 0 Å². The van der Waals surface area contributed by atoms with Crippen molar-refractivity contribution in [1.29, 1.82) is 0 Å². The molecule has 50 heavy (non-hydrogen) atoms. The predicted octanol–water partition coefficient (Wildman–Crippen LogP) is 8.70. The number of hydrogen-bond acceptors (Lipinski definition) is 7. The number of carbonyl (C=O) groups is 3. The zero-order valence-electron chi connectivity index (χ0n) is 26.9. The van der Waals surface area contributed by atoms with Gasteiger partial charge in [-0.25, -0.2) is 4.98 Å². The summed E-state index contributed by atoms with van der Waals surface area (Å²) in [6, 6.07) is 42.4. The molecule has 8 nitrogen and oxygen atoms in total. The molecule has 0 fully saturated rings. The molecule has 5 aromatic carbocycles. The molecule has 3 amide bonds. The van der Waals surface area contributed by atoms with Crippen molar-refractivity contribution in [1.82, 2.24) is 10.3 Å². The van der Waals surface area contributed by atoms with Crippen LogP contribution in [-0.4, -0.2) is 29.8 Å². The lowest BCUT2D eigenvalue weighted by molar-refractivity contribution is -0.116. The summed E-state index contributed by atoms with van der Waals surface area (Å²) >= 11 is 2.77. The molecule has 0 aliphatic rings. The van der Waals surface area contributed by atoms with Gasteiger partial charge in [0.05, 0.1) is 12.8 Å². The third-order valence-corrected chi connectivity index (χ3v) is 9.47. The molecule has 0 aliphatic carbocycles. The highest BCUT2D eigenvalue weighted by Crippen LogP contribution is 2.37. The highest BCUT2D eigenvalue weighted by molar-refractivity contribution is 8.00. The standard InChI is InChI=1S/C40H32N4O4S2/c1-48-32-19-11-12-27(24-32)25-34(42-37(45)30-17-9-4-10-18-30)38(46)41-31-20-22-33(23-21-31)50-36(29-15-7-3-8-16-29)39(47)44-40-43-35(26-49-40)28-13-5-2-6-14-28/h2-26,36H,1H3,(H,41,46)(H,42,45)(H,43,44,47)/b34-25-. The van der Waals surface area contributed by atoms with Crippen LogP contribution in [0.2, 0.25) is 0 Å². The fourth-order valence-electron chi connectivity index (χ4n) is 4.94. The number of thioether (sulfide) groups is 1. The highest BCUT2D eigenvalue weighted by Gasteiger charge is 2.23. The summed E-state index contributed by atoms with van der Waals surface area (Å²) in [4.78, 5) is 45.7. The Morgan fingerprint density at radius 1 is 0.780 bits per heavy atom. The largest absolute Gasteiger partial charge is 0.497 e. The predicted molar refractivity (Wildman–Crippen MR) is 201 cm³/mol. The topological polar surface area (TPSA) is 109 Å². The van der Waals surface area contributed by atoms with Gasteiger partial charge >= 0.3 is 0 Å². The van der Waals surface area contributed by atoms with E-state index in [1.54, 1.807) is 67.8 Å². The molecule has 1 unspecified atom stereocenters. The van der Waals surface area contributed by atoms with Crippen LogP contribution < -0.4 is 20.7 Å². The molecular formula is C40H32N4O4S2. The van der Waals surface area contributed by atoms with Gasteiger partial charge in [-0.15, -0.1) is 23.1 Å². The third-order valence-electron chi connectivity index (χ3n) is 7.44. The number of thiazole rings is 1. The number of nitrogens with zero attached hydrogens (tertiary/aromatic N) is 1. The van der Waals surface area contributed by atoms with Gasteiger partial charge < -0.3 is 20.7 Å². The first-order chi connectivity index (χ1) is 24.4. The number of methoxy groups -OCH3 is 1. The molecule has 0 spiro atoms. The van der Waals surface area contributed by atoms with Gasteiger partial charge in [-0.2, -0.15) is 0 Å². The number of carbonyl (C=O) groups excluding carboxylic acids is 3. The summed E-state index contributed by atoms with van der Waals surface area (Å²) < 4.78 is 5.32. The maximum absolute atomic E-state index is 13.7. The maximum Gasteiger partial charge on any atom is 0.272 e. The summed E-state index contributed by atoms with van der Waals surface area (Å²) in [5.41, 5.74) is 4.29. The Morgan fingerprint density at radius 3 is 2.16 bits per heavy atom. The normalized spacial score (nSPS) is 11.7. The Bertz CT molecular complexity index is 2100. The van der Waals surface area contributed by atoms with Crippen molar-refractivity contribution >= 4 is 57.7 Å². The number of anilines is 2. The molecule has 248 valence electrons. The van der Waals surface area contributed by atoms with Crippen molar-refractivity contribution in [3.8, 4) is 17.0 Å². The fraction of sp³-hybridized carbons (Fsp3) is 0.0500. The van der Waals surface area contributed by atoms with Gasteiger partial charge in [0.1, 0.15) is 16.7 Å². The molecule has 3 N–H and O–H groups in total. The second-order valence-electron chi connectivity index (χ2n) is 10.9. The molecular weight excluding hydrogens is 665 g/mol. The Labute approximate surface area is 298 Å². The van der Waals surface area contributed by atoms with Gasteiger partial charge in [-0.1, -0.05) is 91.0 Å². The van der Waals surface area contributed by atoms with Gasteiger partial charge in [-0.3, -0.25) is 14.4 Å². The Kier molecular flexibility index (Phi) is 11.1. The molecule has 10 heteroatoms. The van der Waals surface area contributed by atoms with Crippen LogP contribution in [0.15, 0.2) is 155 Å². The minimum absolute atomic E-state index is 0.0592. The first kappa shape index (κ1) is 33.9. The SMILES string of the molecule is COc1cccc(/C=C(\NC(=O)c2ccccc2)C(=O)Nc2ccc(SC(C(=O)Nc3nc(-c4ccccc4)cs3)c3ccccc3)cc2)c1. The van der Waals surface area contributed by atoms with Crippen LogP contribution in [0.3, 0.4) is 0 Å². The quantitative estimate of drug-likeness (QED) is 0.0873. The number of rotatable bonds is 12. The van der Waals surface area contributed by atoms with Gasteiger partial charge in [0.15, 0.2) is 5.13 Å². The minimum Gasteiger partial charge on any atom is -0.497 e. The van der Waals surface area contributed by atoms with E-state index in [4.69, 9.17) is 4.74 Å². The summed E-state index contributed by atoms with van der Waals surface area (Å²) in [5, 5.41) is 10.5. The van der Waals surface area contributed by atoms with Crippen LogP contribution in [0.5, 0.6) is 5.75 Å². The van der Waals surface area contributed by atoms with E-state index in [1.165, 1.54) is 23.1 Å². The molecule has 6 aromatic rings. The van der Waals surface area contributed by atoms with Gasteiger partial charge in [0, 0.05) is 27.1 Å². The second-order valence-corrected chi connectivity index (χ2v) is 13.0. The van der Waals surface area contributed by atoms with Crippen LogP contribution >= 0.6 is 23.1 Å². The Hall–Kier alpha value is -5.97. The average Bonchev–Trinajstić information content (AvgIpc) is 3.63. The molecule has 1 heterocycles. The van der Waals surface area contributed by atoms with E-state index in [-0.39, 0.29) is 11.6 Å². The van der Waals surface area contributed by atoms with Crippen LogP contribution in [0.25, 0.3) is 17.3 Å². The lowest BCUT2D eigenvalue weighted by atomic mass is 10.1. The van der Waals surface area contributed by atoms with Gasteiger partial charge in [-0.05, 0) is 65.7 Å². The second kappa shape index (κ2) is 16.4. The monoisotopic (exact) mass is 696 g/mol. The smallest absolute Gasteiger partial charge is 0.272 e. The molecule has 0 bridgehead atoms. The third kappa shape index (κ3) is 8.93. The minimum atomic E-state index is -0.564. The first-order valence-electron chi connectivity index (χ1n) is 15.6. The summed E-state index contributed by atoms with van der Waals surface area (Å²) in [6.45, 7) is 0. The van der Waals surface area contributed by atoms with E-state index in [0.717, 1.165) is 21.7 Å². The van der Waals surface area contributed by atoms with E-state index in [9.17, 15) is 14.4 Å². The zero-order valence-corrected chi connectivity index (χ0v) is 28.5. The van der Waals surface area contributed by atoms with E-state index < -0.39 is 17.1 Å². The molecule has 0 saturated heterocycles. The lowest BCUT2D eigenvalue weighted by Crippen LogP contribution is -2.30. The van der Waals surface area contributed by atoms with Crippen molar-refractivity contribution in [3.05, 3.63) is 167 Å². The fourth-order valence-corrected chi connectivity index (χ4v) is 6.68. The average molecular weight is 697 g/mol. The van der Waals surface area contributed by atoms with Crippen LogP contribution in [0.4, 0.5) is 10.8 Å². The molecule has 0 aliphatic heterocycles. The number of amides is 3. The van der Waals surface area contributed by atoms with Crippen molar-refractivity contribution < 1.29 is 19.1 Å². The number of ether oxygens (including phenoxy) is 1. The van der Waals surface area contributed by atoms with E-state index in [1.807, 2.05) is 90.3 Å². The zero-order chi connectivity index (χ0) is 34.7. The number of benzene rings is 5.